The van der Waals surface area contributed by atoms with Gasteiger partial charge < -0.3 is 14.4 Å². The molecule has 1 heterocycles. The molecule has 0 aliphatic carbocycles. The Morgan fingerprint density at radius 2 is 1.81 bits per heavy atom. The molecule has 0 spiro atoms. The first-order chi connectivity index (χ1) is 14.9. The predicted octanol–water partition coefficient (Wildman–Crippen LogP) is 6.27. The highest BCUT2D eigenvalue weighted by Gasteiger charge is 2.20. The van der Waals surface area contributed by atoms with Crippen LogP contribution in [0.1, 0.15) is 11.3 Å². The standard InChI is InChI=1S/C23H17BrN2O5/c1-14-22(16-4-6-17(24)7-5-16)23(31-25-14)20-11-10-19(12-21(20)27)30-13-15-2-8-18(9-3-15)26(28)29/h2-12,27H,13H2,1H3. The van der Waals surface area contributed by atoms with Crippen molar-refractivity contribution < 1.29 is 19.3 Å². The molecule has 0 amide bonds. The summed E-state index contributed by atoms with van der Waals surface area (Å²) in [5, 5.41) is 25.4. The second kappa shape index (κ2) is 8.61. The summed E-state index contributed by atoms with van der Waals surface area (Å²) in [5.74, 6) is 0.927. The van der Waals surface area contributed by atoms with Crippen molar-refractivity contribution in [2.45, 2.75) is 13.5 Å². The summed E-state index contributed by atoms with van der Waals surface area (Å²) in [7, 11) is 0. The molecular formula is C23H17BrN2O5. The fourth-order valence-electron chi connectivity index (χ4n) is 3.18. The molecular weight excluding hydrogens is 464 g/mol. The van der Waals surface area contributed by atoms with Crippen LogP contribution in [0.25, 0.3) is 22.5 Å². The Morgan fingerprint density at radius 1 is 1.10 bits per heavy atom. The number of phenols is 1. The normalized spacial score (nSPS) is 10.8. The molecule has 7 nitrogen and oxygen atoms in total. The van der Waals surface area contributed by atoms with Gasteiger partial charge in [-0.2, -0.15) is 0 Å². The number of aryl methyl sites for hydroxylation is 1. The maximum Gasteiger partial charge on any atom is 0.269 e. The van der Waals surface area contributed by atoms with Crippen LogP contribution in [0.3, 0.4) is 0 Å². The molecule has 0 atom stereocenters. The fourth-order valence-corrected chi connectivity index (χ4v) is 3.45. The summed E-state index contributed by atoms with van der Waals surface area (Å²) in [6.45, 7) is 2.06. The average molecular weight is 481 g/mol. The topological polar surface area (TPSA) is 98.6 Å². The first-order valence-electron chi connectivity index (χ1n) is 9.34. The van der Waals surface area contributed by atoms with Gasteiger partial charge in [-0.3, -0.25) is 10.1 Å². The van der Waals surface area contributed by atoms with Gasteiger partial charge in [0.2, 0.25) is 0 Å². The van der Waals surface area contributed by atoms with Crippen LogP contribution in [0.5, 0.6) is 11.5 Å². The van der Waals surface area contributed by atoms with E-state index in [0.29, 0.717) is 17.1 Å². The van der Waals surface area contributed by atoms with Crippen LogP contribution < -0.4 is 4.74 Å². The summed E-state index contributed by atoms with van der Waals surface area (Å²) in [5.41, 5.74) is 3.75. The van der Waals surface area contributed by atoms with E-state index in [-0.39, 0.29) is 18.0 Å². The van der Waals surface area contributed by atoms with Crippen molar-refractivity contribution in [3.8, 4) is 33.9 Å². The monoisotopic (exact) mass is 480 g/mol. The highest BCUT2D eigenvalue weighted by molar-refractivity contribution is 9.10. The number of hydrogen-bond donors (Lipinski definition) is 1. The molecule has 0 radical (unpaired) electrons. The molecule has 1 aromatic heterocycles. The Kier molecular flexibility index (Phi) is 5.73. The van der Waals surface area contributed by atoms with E-state index in [2.05, 4.69) is 21.1 Å². The Balaban J connectivity index is 1.56. The van der Waals surface area contributed by atoms with Gasteiger partial charge in [-0.05, 0) is 54.4 Å². The van der Waals surface area contributed by atoms with Gasteiger partial charge in [0.15, 0.2) is 5.76 Å². The van der Waals surface area contributed by atoms with Gasteiger partial charge in [0, 0.05) is 22.7 Å². The predicted molar refractivity (Wildman–Crippen MR) is 119 cm³/mol. The molecule has 0 saturated heterocycles. The van der Waals surface area contributed by atoms with E-state index >= 15 is 0 Å². The number of nitrogens with zero attached hydrogens (tertiary/aromatic N) is 2. The van der Waals surface area contributed by atoms with Crippen LogP contribution in [-0.2, 0) is 6.61 Å². The zero-order chi connectivity index (χ0) is 22.0. The number of nitro benzene ring substituents is 1. The minimum absolute atomic E-state index is 0.00397. The molecule has 0 aliphatic heterocycles. The first-order valence-corrected chi connectivity index (χ1v) is 10.1. The van der Waals surface area contributed by atoms with Crippen LogP contribution in [-0.4, -0.2) is 15.2 Å². The third-order valence-corrected chi connectivity index (χ3v) is 5.29. The number of halogens is 1. The molecule has 0 aliphatic rings. The van der Waals surface area contributed by atoms with Gasteiger partial charge in [-0.1, -0.05) is 33.2 Å². The van der Waals surface area contributed by atoms with E-state index in [1.165, 1.54) is 18.2 Å². The van der Waals surface area contributed by atoms with E-state index in [1.54, 1.807) is 24.3 Å². The lowest BCUT2D eigenvalue weighted by Crippen LogP contribution is -1.96. The molecule has 0 bridgehead atoms. The Bertz CT molecular complexity index is 1230. The molecule has 0 saturated carbocycles. The number of non-ortho nitro benzene ring substituents is 1. The molecule has 8 heteroatoms. The maximum atomic E-state index is 10.7. The second-order valence-electron chi connectivity index (χ2n) is 6.87. The summed E-state index contributed by atoms with van der Waals surface area (Å²) in [6, 6.07) is 18.8. The quantitative estimate of drug-likeness (QED) is 0.257. The summed E-state index contributed by atoms with van der Waals surface area (Å²) < 4.78 is 12.2. The Morgan fingerprint density at radius 3 is 2.45 bits per heavy atom. The van der Waals surface area contributed by atoms with Gasteiger partial charge in [-0.25, -0.2) is 0 Å². The lowest BCUT2D eigenvalue weighted by molar-refractivity contribution is -0.384. The molecule has 156 valence electrons. The Hall–Kier alpha value is -3.65. The number of phenolic OH excluding ortho intramolecular Hbond substituents is 1. The van der Waals surface area contributed by atoms with E-state index in [9.17, 15) is 15.2 Å². The van der Waals surface area contributed by atoms with E-state index in [4.69, 9.17) is 9.26 Å². The van der Waals surface area contributed by atoms with E-state index < -0.39 is 4.92 Å². The molecule has 0 unspecified atom stereocenters. The van der Waals surface area contributed by atoms with Crippen molar-refractivity contribution in [1.82, 2.24) is 5.16 Å². The molecule has 4 rings (SSSR count). The summed E-state index contributed by atoms with van der Waals surface area (Å²) in [6.07, 6.45) is 0. The van der Waals surface area contributed by atoms with Crippen LogP contribution >= 0.6 is 15.9 Å². The van der Waals surface area contributed by atoms with Crippen molar-refractivity contribution in [1.29, 1.82) is 0 Å². The van der Waals surface area contributed by atoms with Crippen molar-refractivity contribution in [3.63, 3.8) is 0 Å². The molecule has 31 heavy (non-hydrogen) atoms. The first kappa shape index (κ1) is 20.6. The smallest absolute Gasteiger partial charge is 0.269 e. The van der Waals surface area contributed by atoms with Crippen molar-refractivity contribution in [2.75, 3.05) is 0 Å². The minimum Gasteiger partial charge on any atom is -0.507 e. The van der Waals surface area contributed by atoms with Crippen LogP contribution in [0.4, 0.5) is 5.69 Å². The molecule has 3 aromatic carbocycles. The minimum atomic E-state index is -0.449. The van der Waals surface area contributed by atoms with Crippen LogP contribution in [0, 0.1) is 17.0 Å². The summed E-state index contributed by atoms with van der Waals surface area (Å²) >= 11 is 3.43. The highest BCUT2D eigenvalue weighted by atomic mass is 79.9. The fraction of sp³-hybridized carbons (Fsp3) is 0.0870. The number of benzene rings is 3. The zero-order valence-electron chi connectivity index (χ0n) is 16.4. The van der Waals surface area contributed by atoms with Gasteiger partial charge in [0.1, 0.15) is 18.1 Å². The number of hydrogen-bond acceptors (Lipinski definition) is 6. The SMILES string of the molecule is Cc1noc(-c2ccc(OCc3ccc([N+](=O)[O-])cc3)cc2O)c1-c1ccc(Br)cc1. The van der Waals surface area contributed by atoms with E-state index in [1.807, 2.05) is 31.2 Å². The lowest BCUT2D eigenvalue weighted by Gasteiger charge is -2.09. The third-order valence-electron chi connectivity index (χ3n) is 4.76. The van der Waals surface area contributed by atoms with Crippen molar-refractivity contribution >= 4 is 21.6 Å². The van der Waals surface area contributed by atoms with Gasteiger partial charge in [-0.15, -0.1) is 0 Å². The number of aromatic hydroxyl groups is 1. The largest absolute Gasteiger partial charge is 0.507 e. The van der Waals surface area contributed by atoms with Gasteiger partial charge in [0.05, 0.1) is 21.7 Å². The second-order valence-corrected chi connectivity index (χ2v) is 7.79. The zero-order valence-corrected chi connectivity index (χ0v) is 18.0. The molecule has 0 fully saturated rings. The van der Waals surface area contributed by atoms with Crippen LogP contribution in [0.15, 0.2) is 75.7 Å². The average Bonchev–Trinajstić information content (AvgIpc) is 3.14. The molecule has 1 N–H and O–H groups in total. The van der Waals surface area contributed by atoms with Crippen molar-refractivity contribution in [3.05, 3.63) is 92.6 Å². The number of ether oxygens (including phenoxy) is 1. The van der Waals surface area contributed by atoms with E-state index in [0.717, 1.165) is 26.9 Å². The lowest BCUT2D eigenvalue weighted by atomic mass is 9.99. The Labute approximate surface area is 186 Å². The summed E-state index contributed by atoms with van der Waals surface area (Å²) in [4.78, 5) is 10.3. The van der Waals surface area contributed by atoms with Crippen molar-refractivity contribution in [2.24, 2.45) is 0 Å². The van der Waals surface area contributed by atoms with Crippen LogP contribution in [0.2, 0.25) is 0 Å². The third kappa shape index (κ3) is 4.44. The number of aromatic nitrogens is 1. The maximum absolute atomic E-state index is 10.7. The number of rotatable bonds is 6. The highest BCUT2D eigenvalue weighted by Crippen LogP contribution is 2.40. The molecule has 4 aromatic rings. The van der Waals surface area contributed by atoms with Gasteiger partial charge >= 0.3 is 0 Å². The number of nitro groups is 1. The van der Waals surface area contributed by atoms with Gasteiger partial charge in [0.25, 0.3) is 5.69 Å².